The first-order chi connectivity index (χ1) is 8.83. The van der Waals surface area contributed by atoms with Gasteiger partial charge in [-0.3, -0.25) is 9.59 Å². The van der Waals surface area contributed by atoms with Crippen molar-refractivity contribution in [1.82, 2.24) is 10.2 Å². The van der Waals surface area contributed by atoms with Crippen LogP contribution in [-0.4, -0.2) is 40.8 Å². The zero-order chi connectivity index (χ0) is 14.6. The lowest BCUT2D eigenvalue weighted by Gasteiger charge is -2.42. The second-order valence-electron chi connectivity index (χ2n) is 5.34. The molecule has 6 heteroatoms. The fourth-order valence-electron chi connectivity index (χ4n) is 2.27. The molecule has 0 unspecified atom stereocenters. The molecule has 0 radical (unpaired) electrons. The van der Waals surface area contributed by atoms with Gasteiger partial charge in [0.05, 0.1) is 16.9 Å². The first kappa shape index (κ1) is 15.9. The molecule has 1 rings (SSSR count). The topological polar surface area (TPSA) is 75.4 Å². The third-order valence-electron chi connectivity index (χ3n) is 3.54. The molecule has 1 fully saturated rings. The van der Waals surface area contributed by atoms with E-state index in [2.05, 4.69) is 5.32 Å². The number of hydrogen-bond donors (Lipinski definition) is 2. The van der Waals surface area contributed by atoms with Crippen molar-refractivity contribution in [3.05, 3.63) is 0 Å². The zero-order valence-corrected chi connectivity index (χ0v) is 12.7. The molecule has 2 amide bonds. The van der Waals surface area contributed by atoms with E-state index in [1.54, 1.807) is 0 Å². The Hall–Kier alpha value is -1.17. The quantitative estimate of drug-likeness (QED) is 0.708. The predicted octanol–water partition coefficient (Wildman–Crippen LogP) is 0.816. The molecule has 0 saturated heterocycles. The molecular weight excluding hydrogens is 262 g/mol. The minimum Gasteiger partial charge on any atom is -0.392 e. The molecule has 0 atom stereocenters. The zero-order valence-electron chi connectivity index (χ0n) is 11.9. The van der Waals surface area contributed by atoms with E-state index in [0.29, 0.717) is 19.4 Å². The number of thiocarbonyl (C=S) groups is 1. The van der Waals surface area contributed by atoms with Gasteiger partial charge in [0.2, 0.25) is 11.8 Å². The Bertz CT molecular complexity index is 378. The van der Waals surface area contributed by atoms with Crippen molar-refractivity contribution in [1.29, 1.82) is 0 Å². The lowest BCUT2D eigenvalue weighted by molar-refractivity contribution is -0.144. The molecule has 0 aromatic carbocycles. The summed E-state index contributed by atoms with van der Waals surface area (Å²) in [4.78, 5) is 26.1. The van der Waals surface area contributed by atoms with Gasteiger partial charge in [-0.15, -0.1) is 0 Å². The number of hydrogen-bond acceptors (Lipinski definition) is 3. The Balaban J connectivity index is 2.71. The van der Waals surface area contributed by atoms with Crippen LogP contribution in [0.4, 0.5) is 0 Å². The summed E-state index contributed by atoms with van der Waals surface area (Å²) < 4.78 is 0. The van der Waals surface area contributed by atoms with Gasteiger partial charge in [-0.1, -0.05) is 18.6 Å². The molecule has 1 aliphatic rings. The molecule has 1 saturated carbocycles. The fourth-order valence-corrected chi connectivity index (χ4v) is 2.56. The van der Waals surface area contributed by atoms with Crippen LogP contribution in [0.25, 0.3) is 0 Å². The standard InChI is InChI=1S/C13H23N3O2S/c1-4-16(8-10(17)15-9(2)3)12(18)13(11(14)19)6-5-7-13/h9H,4-8H2,1-3H3,(H2,14,19)(H,15,17). The van der Waals surface area contributed by atoms with Gasteiger partial charge in [-0.05, 0) is 33.6 Å². The lowest BCUT2D eigenvalue weighted by Crippen LogP contribution is -2.56. The summed E-state index contributed by atoms with van der Waals surface area (Å²) in [5.74, 6) is -0.254. The van der Waals surface area contributed by atoms with Crippen LogP contribution in [0.2, 0.25) is 0 Å². The van der Waals surface area contributed by atoms with E-state index >= 15 is 0 Å². The van der Waals surface area contributed by atoms with E-state index in [0.717, 1.165) is 6.42 Å². The normalized spacial score (nSPS) is 16.6. The van der Waals surface area contributed by atoms with Crippen molar-refractivity contribution in [3.8, 4) is 0 Å². The summed E-state index contributed by atoms with van der Waals surface area (Å²) in [6, 6.07) is 0.0644. The van der Waals surface area contributed by atoms with Crippen molar-refractivity contribution in [2.45, 2.75) is 46.1 Å². The van der Waals surface area contributed by atoms with Crippen molar-refractivity contribution >= 4 is 29.0 Å². The van der Waals surface area contributed by atoms with Crippen molar-refractivity contribution < 1.29 is 9.59 Å². The van der Waals surface area contributed by atoms with Crippen LogP contribution in [-0.2, 0) is 9.59 Å². The number of nitrogens with one attached hydrogen (secondary N) is 1. The molecule has 0 spiro atoms. The third-order valence-corrected chi connectivity index (χ3v) is 3.93. The fraction of sp³-hybridized carbons (Fsp3) is 0.769. The van der Waals surface area contributed by atoms with E-state index in [1.807, 2.05) is 20.8 Å². The predicted molar refractivity (Wildman–Crippen MR) is 78.6 cm³/mol. The Kier molecular flexibility index (Phi) is 5.29. The minimum atomic E-state index is -0.705. The van der Waals surface area contributed by atoms with Crippen molar-refractivity contribution in [2.24, 2.45) is 11.1 Å². The number of nitrogens with zero attached hydrogens (tertiary/aromatic N) is 1. The summed E-state index contributed by atoms with van der Waals surface area (Å²) in [7, 11) is 0. The highest BCUT2D eigenvalue weighted by molar-refractivity contribution is 7.80. The Morgan fingerprint density at radius 3 is 2.32 bits per heavy atom. The number of nitrogens with two attached hydrogens (primary N) is 1. The van der Waals surface area contributed by atoms with Crippen LogP contribution in [0, 0.1) is 5.41 Å². The number of likely N-dealkylation sites (N-methyl/N-ethyl adjacent to an activating group) is 1. The molecule has 108 valence electrons. The first-order valence-corrected chi connectivity index (χ1v) is 7.13. The smallest absolute Gasteiger partial charge is 0.239 e. The first-order valence-electron chi connectivity index (χ1n) is 6.72. The second kappa shape index (κ2) is 6.32. The SMILES string of the molecule is CCN(CC(=O)NC(C)C)C(=O)C1(C(N)=S)CCC1. The van der Waals surface area contributed by atoms with E-state index in [9.17, 15) is 9.59 Å². The van der Waals surface area contributed by atoms with E-state index in [-0.39, 0.29) is 29.4 Å². The van der Waals surface area contributed by atoms with E-state index in [1.165, 1.54) is 4.90 Å². The van der Waals surface area contributed by atoms with Crippen LogP contribution < -0.4 is 11.1 Å². The Morgan fingerprint density at radius 2 is 2.00 bits per heavy atom. The van der Waals surface area contributed by atoms with Gasteiger partial charge in [0.1, 0.15) is 0 Å². The number of carbonyl (C=O) groups is 2. The molecule has 19 heavy (non-hydrogen) atoms. The monoisotopic (exact) mass is 285 g/mol. The van der Waals surface area contributed by atoms with Crippen LogP contribution >= 0.6 is 12.2 Å². The van der Waals surface area contributed by atoms with Gasteiger partial charge in [-0.25, -0.2) is 0 Å². The number of rotatable bonds is 6. The van der Waals surface area contributed by atoms with Crippen molar-refractivity contribution in [3.63, 3.8) is 0 Å². The maximum absolute atomic E-state index is 12.5. The maximum atomic E-state index is 12.5. The summed E-state index contributed by atoms with van der Waals surface area (Å²) in [6.45, 7) is 6.18. The van der Waals surface area contributed by atoms with Gasteiger partial charge in [0.15, 0.2) is 0 Å². The molecule has 3 N–H and O–H groups in total. The molecule has 0 bridgehead atoms. The Labute approximate surface area is 119 Å². The molecule has 0 aliphatic heterocycles. The largest absolute Gasteiger partial charge is 0.392 e. The molecule has 0 heterocycles. The molecule has 0 aromatic rings. The van der Waals surface area contributed by atoms with Gasteiger partial charge in [-0.2, -0.15) is 0 Å². The molecule has 1 aliphatic carbocycles. The highest BCUT2D eigenvalue weighted by Crippen LogP contribution is 2.42. The van der Waals surface area contributed by atoms with Crippen LogP contribution in [0.3, 0.4) is 0 Å². The van der Waals surface area contributed by atoms with Crippen molar-refractivity contribution in [2.75, 3.05) is 13.1 Å². The molecular formula is C13H23N3O2S. The number of amides is 2. The highest BCUT2D eigenvalue weighted by atomic mass is 32.1. The molecule has 5 nitrogen and oxygen atoms in total. The van der Waals surface area contributed by atoms with E-state index < -0.39 is 5.41 Å². The van der Waals surface area contributed by atoms with Crippen LogP contribution in [0.15, 0.2) is 0 Å². The van der Waals surface area contributed by atoms with Gasteiger partial charge in [0, 0.05) is 12.6 Å². The molecule has 0 aromatic heterocycles. The van der Waals surface area contributed by atoms with Gasteiger partial charge in [0.25, 0.3) is 0 Å². The minimum absolute atomic E-state index is 0.0644. The second-order valence-corrected chi connectivity index (χ2v) is 5.78. The number of carbonyl (C=O) groups excluding carboxylic acids is 2. The van der Waals surface area contributed by atoms with Gasteiger partial charge < -0.3 is 16.0 Å². The van der Waals surface area contributed by atoms with Gasteiger partial charge >= 0.3 is 0 Å². The van der Waals surface area contributed by atoms with E-state index in [4.69, 9.17) is 18.0 Å². The third kappa shape index (κ3) is 3.43. The average molecular weight is 285 g/mol. The summed E-state index contributed by atoms with van der Waals surface area (Å²) in [5, 5.41) is 2.78. The highest BCUT2D eigenvalue weighted by Gasteiger charge is 2.48. The average Bonchev–Trinajstić information content (AvgIpc) is 2.22. The maximum Gasteiger partial charge on any atom is 0.239 e. The summed E-state index contributed by atoms with van der Waals surface area (Å²) in [6.07, 6.45) is 2.35. The lowest BCUT2D eigenvalue weighted by atomic mass is 9.67. The van der Waals surface area contributed by atoms with Crippen LogP contribution in [0.1, 0.15) is 40.0 Å². The summed E-state index contributed by atoms with van der Waals surface area (Å²) in [5.41, 5.74) is 5.02. The Morgan fingerprint density at radius 1 is 1.42 bits per heavy atom. The summed E-state index contributed by atoms with van der Waals surface area (Å²) >= 11 is 5.04. The van der Waals surface area contributed by atoms with Crippen LogP contribution in [0.5, 0.6) is 0 Å².